The molecule has 3 heteroatoms. The van der Waals surface area contributed by atoms with E-state index in [1.54, 1.807) is 7.11 Å². The summed E-state index contributed by atoms with van der Waals surface area (Å²) in [6.07, 6.45) is 0.755. The third-order valence-electron chi connectivity index (χ3n) is 3.86. The molecule has 2 nitrogen and oxygen atoms in total. The van der Waals surface area contributed by atoms with Crippen LogP contribution in [0.15, 0.2) is 48.5 Å². The summed E-state index contributed by atoms with van der Waals surface area (Å²) in [5.41, 5.74) is 1.33. The summed E-state index contributed by atoms with van der Waals surface area (Å²) in [6, 6.07) is 14.6. The molecule has 0 aliphatic heterocycles. The minimum atomic E-state index is -0.507. The zero-order valence-corrected chi connectivity index (χ0v) is 12.7. The van der Waals surface area contributed by atoms with Gasteiger partial charge in [-0.25, -0.2) is 4.39 Å². The molecular weight excluding hydrogens is 267 g/mol. The van der Waals surface area contributed by atoms with Crippen molar-refractivity contribution in [1.82, 2.24) is 0 Å². The van der Waals surface area contributed by atoms with Gasteiger partial charge in [-0.05, 0) is 36.6 Å². The number of methoxy groups -OCH3 is 1. The molecule has 0 radical (unpaired) electrons. The zero-order valence-electron chi connectivity index (χ0n) is 12.7. The summed E-state index contributed by atoms with van der Waals surface area (Å²) < 4.78 is 25.0. The van der Waals surface area contributed by atoms with Crippen LogP contribution in [0.3, 0.4) is 0 Å². The van der Waals surface area contributed by atoms with Gasteiger partial charge in [0.2, 0.25) is 0 Å². The van der Waals surface area contributed by atoms with Crippen molar-refractivity contribution in [2.45, 2.75) is 32.5 Å². The van der Waals surface area contributed by atoms with Crippen molar-refractivity contribution in [2.75, 3.05) is 7.11 Å². The summed E-state index contributed by atoms with van der Waals surface area (Å²) in [7, 11) is 1.64. The maximum Gasteiger partial charge on any atom is 0.127 e. The lowest BCUT2D eigenvalue weighted by molar-refractivity contribution is -0.00183. The minimum absolute atomic E-state index is 0.313. The Morgan fingerprint density at radius 3 is 2.43 bits per heavy atom. The number of hydrogen-bond donors (Lipinski definition) is 0. The highest BCUT2D eigenvalue weighted by molar-refractivity contribution is 5.33. The smallest absolute Gasteiger partial charge is 0.127 e. The van der Waals surface area contributed by atoms with Crippen molar-refractivity contribution < 1.29 is 13.9 Å². The van der Waals surface area contributed by atoms with Crippen molar-refractivity contribution in [3.63, 3.8) is 0 Å². The van der Waals surface area contributed by atoms with Crippen molar-refractivity contribution in [1.29, 1.82) is 0 Å². The van der Waals surface area contributed by atoms with E-state index in [0.717, 1.165) is 17.5 Å². The van der Waals surface area contributed by atoms with Gasteiger partial charge in [0, 0.05) is 13.2 Å². The highest BCUT2D eigenvalue weighted by Gasteiger charge is 2.25. The number of rotatable bonds is 6. The molecule has 1 atom stereocenters. The van der Waals surface area contributed by atoms with Crippen LogP contribution in [0.1, 0.15) is 31.4 Å². The number of hydrogen-bond acceptors (Lipinski definition) is 2. The van der Waals surface area contributed by atoms with E-state index < -0.39 is 5.60 Å². The van der Waals surface area contributed by atoms with Crippen molar-refractivity contribution in [3.8, 4) is 5.75 Å². The highest BCUT2D eigenvalue weighted by atomic mass is 19.1. The molecule has 21 heavy (non-hydrogen) atoms. The molecule has 0 aromatic heterocycles. The van der Waals surface area contributed by atoms with Gasteiger partial charge in [0.15, 0.2) is 0 Å². The van der Waals surface area contributed by atoms with Crippen LogP contribution in [0, 0.1) is 5.82 Å². The second-order valence-electron chi connectivity index (χ2n) is 5.24. The Bertz CT molecular complexity index is 577. The van der Waals surface area contributed by atoms with Crippen LogP contribution < -0.4 is 4.74 Å². The molecule has 0 bridgehead atoms. The van der Waals surface area contributed by atoms with Gasteiger partial charge in [-0.1, -0.05) is 37.3 Å². The molecule has 2 rings (SSSR count). The topological polar surface area (TPSA) is 18.5 Å². The standard InChI is InChI=1S/C18H21FO2/c1-4-18(2,20-3)15-10-16(19)12-17(11-15)21-13-14-8-6-5-7-9-14/h5-12H,4,13H2,1-3H3. The average Bonchev–Trinajstić information content (AvgIpc) is 2.52. The third kappa shape index (κ3) is 3.82. The first-order valence-electron chi connectivity index (χ1n) is 7.10. The van der Waals surface area contributed by atoms with Gasteiger partial charge in [0.1, 0.15) is 18.2 Å². The van der Waals surface area contributed by atoms with E-state index >= 15 is 0 Å². The van der Waals surface area contributed by atoms with Crippen LogP contribution >= 0.6 is 0 Å². The molecule has 0 aliphatic rings. The van der Waals surface area contributed by atoms with E-state index in [4.69, 9.17) is 9.47 Å². The predicted octanol–water partition coefficient (Wildman–Crippen LogP) is 4.68. The normalized spacial score (nSPS) is 13.7. The van der Waals surface area contributed by atoms with E-state index in [9.17, 15) is 4.39 Å². The summed E-state index contributed by atoms with van der Waals surface area (Å²) >= 11 is 0. The van der Waals surface area contributed by atoms with Crippen LogP contribution in [0.2, 0.25) is 0 Å². The fraction of sp³-hybridized carbons (Fsp3) is 0.333. The molecule has 0 aliphatic carbocycles. The fourth-order valence-electron chi connectivity index (χ4n) is 2.16. The first-order chi connectivity index (χ1) is 10.1. The Morgan fingerprint density at radius 2 is 1.81 bits per heavy atom. The second-order valence-corrected chi connectivity index (χ2v) is 5.24. The monoisotopic (exact) mass is 288 g/mol. The van der Waals surface area contributed by atoms with Crippen LogP contribution in [-0.4, -0.2) is 7.11 Å². The van der Waals surface area contributed by atoms with Gasteiger partial charge in [-0.2, -0.15) is 0 Å². The zero-order chi connectivity index (χ0) is 15.3. The van der Waals surface area contributed by atoms with Crippen LogP contribution in [-0.2, 0) is 16.9 Å². The lowest BCUT2D eigenvalue weighted by Gasteiger charge is -2.27. The molecule has 0 spiro atoms. The third-order valence-corrected chi connectivity index (χ3v) is 3.86. The molecule has 0 heterocycles. The van der Waals surface area contributed by atoms with Gasteiger partial charge in [-0.15, -0.1) is 0 Å². The first kappa shape index (κ1) is 15.5. The summed E-state index contributed by atoms with van der Waals surface area (Å²) in [6.45, 7) is 4.38. The Morgan fingerprint density at radius 1 is 1.10 bits per heavy atom. The van der Waals surface area contributed by atoms with E-state index in [2.05, 4.69) is 0 Å². The molecule has 0 amide bonds. The molecule has 2 aromatic carbocycles. The fourth-order valence-corrected chi connectivity index (χ4v) is 2.16. The van der Waals surface area contributed by atoms with Gasteiger partial charge >= 0.3 is 0 Å². The Kier molecular flexibility index (Phi) is 4.97. The van der Waals surface area contributed by atoms with E-state index in [-0.39, 0.29) is 5.82 Å². The van der Waals surface area contributed by atoms with E-state index in [1.807, 2.05) is 50.2 Å². The minimum Gasteiger partial charge on any atom is -0.489 e. The lowest BCUT2D eigenvalue weighted by atomic mass is 9.93. The summed E-state index contributed by atoms with van der Waals surface area (Å²) in [4.78, 5) is 0. The van der Waals surface area contributed by atoms with Crippen LogP contribution in [0.4, 0.5) is 4.39 Å². The quantitative estimate of drug-likeness (QED) is 0.768. The van der Waals surface area contributed by atoms with Crippen molar-refractivity contribution in [3.05, 3.63) is 65.5 Å². The Balaban J connectivity index is 2.19. The maximum atomic E-state index is 13.8. The lowest BCUT2D eigenvalue weighted by Crippen LogP contribution is -2.23. The largest absolute Gasteiger partial charge is 0.489 e. The van der Waals surface area contributed by atoms with Crippen LogP contribution in [0.5, 0.6) is 5.75 Å². The molecule has 1 unspecified atom stereocenters. The molecule has 2 aromatic rings. The van der Waals surface area contributed by atoms with E-state index in [0.29, 0.717) is 12.4 Å². The van der Waals surface area contributed by atoms with Gasteiger partial charge in [0.25, 0.3) is 0 Å². The molecule has 0 saturated heterocycles. The van der Waals surface area contributed by atoms with Crippen molar-refractivity contribution >= 4 is 0 Å². The summed E-state index contributed by atoms with van der Waals surface area (Å²) in [5.74, 6) is 0.206. The Hall–Kier alpha value is -1.87. The maximum absolute atomic E-state index is 13.8. The van der Waals surface area contributed by atoms with Gasteiger partial charge in [-0.3, -0.25) is 0 Å². The van der Waals surface area contributed by atoms with Crippen molar-refractivity contribution in [2.24, 2.45) is 0 Å². The number of benzene rings is 2. The molecular formula is C18H21FO2. The van der Waals surface area contributed by atoms with Gasteiger partial charge in [0.05, 0.1) is 5.60 Å². The number of ether oxygens (including phenoxy) is 2. The number of halogens is 1. The van der Waals surface area contributed by atoms with E-state index in [1.165, 1.54) is 12.1 Å². The second kappa shape index (κ2) is 6.72. The first-order valence-corrected chi connectivity index (χ1v) is 7.10. The van der Waals surface area contributed by atoms with Gasteiger partial charge < -0.3 is 9.47 Å². The summed E-state index contributed by atoms with van der Waals surface area (Å²) in [5, 5.41) is 0. The Labute approximate surface area is 125 Å². The average molecular weight is 288 g/mol. The molecule has 0 N–H and O–H groups in total. The highest BCUT2D eigenvalue weighted by Crippen LogP contribution is 2.31. The SMILES string of the molecule is CCC(C)(OC)c1cc(F)cc(OCc2ccccc2)c1. The molecule has 0 saturated carbocycles. The molecule has 0 fully saturated rings. The van der Waals surface area contributed by atoms with Crippen LogP contribution in [0.25, 0.3) is 0 Å². The predicted molar refractivity (Wildman–Crippen MR) is 81.8 cm³/mol. The molecule has 112 valence electrons.